The second-order valence-corrected chi connectivity index (χ2v) is 3.59. The van der Waals surface area contributed by atoms with Gasteiger partial charge in [-0.15, -0.1) is 0 Å². The second kappa shape index (κ2) is 2.14. The lowest BCUT2D eigenvalue weighted by atomic mass is 9.88. The van der Waals surface area contributed by atoms with Gasteiger partial charge in [-0.05, 0) is 37.5 Å². The Labute approximate surface area is 63.8 Å². The van der Waals surface area contributed by atoms with E-state index in [2.05, 4.69) is 0 Å². The maximum atomic E-state index is 12.2. The van der Waals surface area contributed by atoms with Crippen LogP contribution < -0.4 is 0 Å². The third kappa shape index (κ3) is 1.14. The molecular weight excluding hydrogens is 153 g/mol. The molecule has 3 unspecified atom stereocenters. The summed E-state index contributed by atoms with van der Waals surface area (Å²) in [6.45, 7) is 0. The minimum atomic E-state index is -3.97. The monoisotopic (exact) mass is 163 g/mol. The van der Waals surface area contributed by atoms with Crippen LogP contribution in [0, 0.1) is 24.2 Å². The molecule has 0 aromatic rings. The number of hydrogen-bond acceptors (Lipinski definition) is 0. The van der Waals surface area contributed by atoms with Gasteiger partial charge in [0.25, 0.3) is 0 Å². The highest BCUT2D eigenvalue weighted by atomic mass is 19.4. The van der Waals surface area contributed by atoms with Crippen molar-refractivity contribution in [3.05, 3.63) is 6.42 Å². The summed E-state index contributed by atoms with van der Waals surface area (Å²) in [5.74, 6) is -0.895. The van der Waals surface area contributed by atoms with Crippen LogP contribution >= 0.6 is 0 Å². The Morgan fingerprint density at radius 3 is 2.18 bits per heavy atom. The normalized spacial score (nSPS) is 43.4. The van der Waals surface area contributed by atoms with Crippen LogP contribution in [0.4, 0.5) is 13.2 Å². The molecule has 0 aromatic heterocycles. The zero-order valence-electron chi connectivity index (χ0n) is 6.06. The molecule has 3 heteroatoms. The molecule has 0 aliphatic heterocycles. The van der Waals surface area contributed by atoms with Crippen molar-refractivity contribution in [1.82, 2.24) is 0 Å². The summed E-state index contributed by atoms with van der Waals surface area (Å²) in [7, 11) is 0. The van der Waals surface area contributed by atoms with Gasteiger partial charge >= 0.3 is 6.18 Å². The minimum Gasteiger partial charge on any atom is -0.171 e. The molecule has 0 nitrogen and oxygen atoms in total. The van der Waals surface area contributed by atoms with Crippen LogP contribution in [-0.2, 0) is 0 Å². The maximum absolute atomic E-state index is 12.2. The van der Waals surface area contributed by atoms with Gasteiger partial charge in [0.2, 0.25) is 0 Å². The Morgan fingerprint density at radius 2 is 1.91 bits per heavy atom. The lowest BCUT2D eigenvalue weighted by molar-refractivity contribution is -0.175. The van der Waals surface area contributed by atoms with E-state index in [1.807, 2.05) is 0 Å². The van der Waals surface area contributed by atoms with Crippen LogP contribution in [0.15, 0.2) is 0 Å². The number of rotatable bonds is 0. The fraction of sp³-hybridized carbons (Fsp3) is 0.875. The van der Waals surface area contributed by atoms with Crippen molar-refractivity contribution in [3.63, 3.8) is 0 Å². The molecule has 11 heavy (non-hydrogen) atoms. The van der Waals surface area contributed by atoms with E-state index in [0.29, 0.717) is 0 Å². The molecule has 2 fully saturated rings. The lowest BCUT2D eigenvalue weighted by Gasteiger charge is -2.23. The van der Waals surface area contributed by atoms with Gasteiger partial charge in [-0.2, -0.15) is 13.2 Å². The van der Waals surface area contributed by atoms with Gasteiger partial charge in [0.05, 0.1) is 5.92 Å². The SMILES string of the molecule is FC(F)(F)C1[CH]C2CCC1C2. The molecular formula is C8H10F3. The van der Waals surface area contributed by atoms with Crippen LogP contribution in [0.5, 0.6) is 0 Å². The number of alkyl halides is 3. The summed E-state index contributed by atoms with van der Waals surface area (Å²) >= 11 is 0. The van der Waals surface area contributed by atoms with Gasteiger partial charge in [0.1, 0.15) is 0 Å². The van der Waals surface area contributed by atoms with Gasteiger partial charge in [-0.3, -0.25) is 0 Å². The van der Waals surface area contributed by atoms with Gasteiger partial charge < -0.3 is 0 Å². The van der Waals surface area contributed by atoms with Crippen molar-refractivity contribution in [3.8, 4) is 0 Å². The van der Waals surface area contributed by atoms with Crippen LogP contribution in [0.2, 0.25) is 0 Å². The molecule has 0 aromatic carbocycles. The average Bonchev–Trinajstić information content (AvgIpc) is 2.42. The fourth-order valence-electron chi connectivity index (χ4n) is 2.38. The first kappa shape index (κ1) is 7.44. The second-order valence-electron chi connectivity index (χ2n) is 3.59. The van der Waals surface area contributed by atoms with E-state index in [9.17, 15) is 13.2 Å². The summed E-state index contributed by atoms with van der Waals surface area (Å²) in [5.41, 5.74) is 0. The third-order valence-electron chi connectivity index (χ3n) is 2.88. The summed E-state index contributed by atoms with van der Waals surface area (Å²) < 4.78 is 36.6. The van der Waals surface area contributed by atoms with E-state index in [1.54, 1.807) is 0 Å². The standard InChI is InChI=1S/C8H10F3/c9-8(10,11)7-4-5-1-2-6(7)3-5/h4-7H,1-3H2. The van der Waals surface area contributed by atoms with Crippen LogP contribution in [0.3, 0.4) is 0 Å². The van der Waals surface area contributed by atoms with Gasteiger partial charge in [0, 0.05) is 0 Å². The zero-order valence-corrected chi connectivity index (χ0v) is 6.06. The Bertz CT molecular complexity index is 161. The van der Waals surface area contributed by atoms with Gasteiger partial charge in [0.15, 0.2) is 0 Å². The molecule has 0 spiro atoms. The summed E-state index contributed by atoms with van der Waals surface area (Å²) in [4.78, 5) is 0. The highest BCUT2D eigenvalue weighted by Gasteiger charge is 2.52. The topological polar surface area (TPSA) is 0 Å². The van der Waals surface area contributed by atoms with Crippen molar-refractivity contribution >= 4 is 0 Å². The zero-order chi connectivity index (χ0) is 8.06. The lowest BCUT2D eigenvalue weighted by Crippen LogP contribution is -2.28. The number of fused-ring (bicyclic) bond motifs is 2. The maximum Gasteiger partial charge on any atom is 0.392 e. The highest BCUT2D eigenvalue weighted by molar-refractivity contribution is 5.04. The summed E-state index contributed by atoms with van der Waals surface area (Å²) in [6, 6.07) is 0. The van der Waals surface area contributed by atoms with E-state index >= 15 is 0 Å². The minimum absolute atomic E-state index is 0.0833. The third-order valence-corrected chi connectivity index (χ3v) is 2.88. The summed E-state index contributed by atoms with van der Waals surface area (Å²) in [5, 5.41) is 0. The molecule has 1 radical (unpaired) electrons. The Kier molecular flexibility index (Phi) is 1.45. The molecule has 2 rings (SSSR count). The first-order valence-electron chi connectivity index (χ1n) is 3.99. The van der Waals surface area contributed by atoms with E-state index < -0.39 is 12.1 Å². The fourth-order valence-corrected chi connectivity index (χ4v) is 2.38. The molecule has 0 heterocycles. The molecule has 63 valence electrons. The summed E-state index contributed by atoms with van der Waals surface area (Å²) in [6.07, 6.45) is 0.0841. The van der Waals surface area contributed by atoms with Crippen molar-refractivity contribution in [2.45, 2.75) is 25.4 Å². The van der Waals surface area contributed by atoms with Crippen molar-refractivity contribution in [2.24, 2.45) is 17.8 Å². The molecule has 0 amide bonds. The predicted octanol–water partition coefficient (Wildman–Crippen LogP) is 2.80. The molecule has 2 bridgehead atoms. The van der Waals surface area contributed by atoms with E-state index in [0.717, 1.165) is 19.3 Å². The average molecular weight is 163 g/mol. The Balaban J connectivity index is 2.08. The predicted molar refractivity (Wildman–Crippen MR) is 34.7 cm³/mol. The van der Waals surface area contributed by atoms with Crippen LogP contribution in [-0.4, -0.2) is 6.18 Å². The van der Waals surface area contributed by atoms with E-state index in [-0.39, 0.29) is 11.8 Å². The molecule has 2 aliphatic rings. The van der Waals surface area contributed by atoms with E-state index in [1.165, 1.54) is 6.42 Å². The number of hydrogen-bond donors (Lipinski definition) is 0. The molecule has 0 saturated heterocycles. The van der Waals surface area contributed by atoms with Crippen molar-refractivity contribution in [2.75, 3.05) is 0 Å². The van der Waals surface area contributed by atoms with Crippen molar-refractivity contribution < 1.29 is 13.2 Å². The smallest absolute Gasteiger partial charge is 0.171 e. The molecule has 3 atom stereocenters. The molecule has 2 saturated carbocycles. The molecule has 2 aliphatic carbocycles. The molecule has 0 N–H and O–H groups in total. The van der Waals surface area contributed by atoms with Gasteiger partial charge in [-0.25, -0.2) is 0 Å². The van der Waals surface area contributed by atoms with Crippen LogP contribution in [0.25, 0.3) is 0 Å². The highest BCUT2D eigenvalue weighted by Crippen LogP contribution is 2.53. The first-order chi connectivity index (χ1) is 5.07. The first-order valence-corrected chi connectivity index (χ1v) is 3.99. The largest absolute Gasteiger partial charge is 0.392 e. The Morgan fingerprint density at radius 1 is 1.18 bits per heavy atom. The number of halogens is 3. The van der Waals surface area contributed by atoms with E-state index in [4.69, 9.17) is 0 Å². The van der Waals surface area contributed by atoms with Crippen molar-refractivity contribution in [1.29, 1.82) is 0 Å². The Hall–Kier alpha value is -0.210. The quantitative estimate of drug-likeness (QED) is 0.515. The van der Waals surface area contributed by atoms with Gasteiger partial charge in [-0.1, -0.05) is 0 Å². The van der Waals surface area contributed by atoms with Crippen LogP contribution in [0.1, 0.15) is 19.3 Å².